The molecule has 2 N–H and O–H groups in total. The Morgan fingerprint density at radius 3 is 2.13 bits per heavy atom. The van der Waals surface area contributed by atoms with Crippen LogP contribution in [0.1, 0.15) is 28.4 Å². The summed E-state index contributed by atoms with van der Waals surface area (Å²) in [6, 6.07) is 22.3. The Morgan fingerprint density at radius 1 is 0.839 bits per heavy atom. The van der Waals surface area contributed by atoms with Gasteiger partial charge < -0.3 is 20.1 Å². The topological polar surface area (TPSA) is 76.7 Å². The maximum atomic E-state index is 12.0. The fourth-order valence-corrected chi connectivity index (χ4v) is 2.83. The van der Waals surface area contributed by atoms with E-state index in [1.54, 1.807) is 19.1 Å². The minimum atomic E-state index is -0.322. The third-order valence-electron chi connectivity index (χ3n) is 4.52. The number of benzene rings is 3. The second-order valence-corrected chi connectivity index (χ2v) is 7.00. The van der Waals surface area contributed by atoms with E-state index in [0.717, 1.165) is 22.5 Å². The average molecular weight is 418 g/mol. The van der Waals surface area contributed by atoms with Crippen molar-refractivity contribution in [1.82, 2.24) is 0 Å². The molecule has 0 heterocycles. The fraction of sp³-hybridized carbons (Fsp3) is 0.200. The zero-order valence-corrected chi connectivity index (χ0v) is 17.7. The molecule has 0 aliphatic rings. The van der Waals surface area contributed by atoms with Crippen LogP contribution in [-0.2, 0) is 16.1 Å². The summed E-state index contributed by atoms with van der Waals surface area (Å²) in [5, 5.41) is 6.11. The summed E-state index contributed by atoms with van der Waals surface area (Å²) in [6.45, 7) is 4.70. The highest BCUT2D eigenvalue weighted by Crippen LogP contribution is 2.16. The Hall–Kier alpha value is -3.80. The van der Waals surface area contributed by atoms with Crippen LogP contribution in [0.25, 0.3) is 0 Å². The third-order valence-corrected chi connectivity index (χ3v) is 4.52. The minimum Gasteiger partial charge on any atom is -0.484 e. The molecule has 0 aromatic heterocycles. The highest BCUT2D eigenvalue weighted by atomic mass is 16.5. The Bertz CT molecular complexity index is 997. The van der Waals surface area contributed by atoms with Gasteiger partial charge in [0.2, 0.25) is 0 Å². The maximum Gasteiger partial charge on any atom is 0.338 e. The molecule has 3 rings (SSSR count). The number of carbonyl (C=O) groups is 2. The highest BCUT2D eigenvalue weighted by Gasteiger charge is 2.06. The summed E-state index contributed by atoms with van der Waals surface area (Å²) in [6.07, 6.45) is 0. The molecule has 0 spiro atoms. The summed E-state index contributed by atoms with van der Waals surface area (Å²) in [4.78, 5) is 23.7. The van der Waals surface area contributed by atoms with Crippen LogP contribution in [-0.4, -0.2) is 25.1 Å². The molecule has 1 amide bonds. The molecule has 0 unspecified atom stereocenters. The molecule has 0 saturated carbocycles. The van der Waals surface area contributed by atoms with Crippen molar-refractivity contribution in [2.75, 3.05) is 23.8 Å². The molecule has 0 atom stereocenters. The number of aryl methyl sites for hydroxylation is 1. The van der Waals surface area contributed by atoms with Crippen LogP contribution >= 0.6 is 0 Å². The van der Waals surface area contributed by atoms with Gasteiger partial charge in [0, 0.05) is 17.9 Å². The lowest BCUT2D eigenvalue weighted by atomic mass is 10.2. The monoisotopic (exact) mass is 418 g/mol. The van der Waals surface area contributed by atoms with Gasteiger partial charge in [-0.05, 0) is 67.9 Å². The van der Waals surface area contributed by atoms with E-state index in [-0.39, 0.29) is 18.5 Å². The molecule has 3 aromatic carbocycles. The van der Waals surface area contributed by atoms with Crippen molar-refractivity contribution in [3.8, 4) is 5.75 Å². The Balaban J connectivity index is 1.44. The summed E-state index contributed by atoms with van der Waals surface area (Å²) < 4.78 is 10.5. The van der Waals surface area contributed by atoms with E-state index in [0.29, 0.717) is 24.5 Å². The number of ether oxygens (including phenoxy) is 2. The standard InChI is InChI=1S/C25H26N2O4/c1-3-30-25(29)20-8-12-21(13-9-20)26-16-19-6-14-23(15-7-19)31-17-24(28)27-22-10-4-18(2)5-11-22/h4-15,26H,3,16-17H2,1-2H3,(H,27,28). The summed E-state index contributed by atoms with van der Waals surface area (Å²) >= 11 is 0. The second-order valence-electron chi connectivity index (χ2n) is 7.00. The maximum absolute atomic E-state index is 12.0. The first-order valence-electron chi connectivity index (χ1n) is 10.1. The molecule has 3 aromatic rings. The number of esters is 1. The lowest BCUT2D eigenvalue weighted by Crippen LogP contribution is -2.20. The van der Waals surface area contributed by atoms with Gasteiger partial charge in [-0.25, -0.2) is 4.79 Å². The summed E-state index contributed by atoms with van der Waals surface area (Å²) in [7, 11) is 0. The average Bonchev–Trinajstić information content (AvgIpc) is 2.79. The zero-order valence-electron chi connectivity index (χ0n) is 17.7. The molecule has 0 saturated heterocycles. The number of carbonyl (C=O) groups excluding carboxylic acids is 2. The first kappa shape index (κ1) is 21.9. The molecule has 0 fully saturated rings. The fourth-order valence-electron chi connectivity index (χ4n) is 2.83. The minimum absolute atomic E-state index is 0.0573. The van der Waals surface area contributed by atoms with Crippen molar-refractivity contribution in [3.05, 3.63) is 89.5 Å². The van der Waals surface area contributed by atoms with Gasteiger partial charge >= 0.3 is 5.97 Å². The Morgan fingerprint density at radius 2 is 1.48 bits per heavy atom. The molecule has 0 aliphatic heterocycles. The predicted octanol–water partition coefficient (Wildman–Crippen LogP) is 4.80. The Labute approximate surface area is 182 Å². The molecule has 0 bridgehead atoms. The van der Waals surface area contributed by atoms with Crippen molar-refractivity contribution in [2.45, 2.75) is 20.4 Å². The number of nitrogens with one attached hydrogen (secondary N) is 2. The van der Waals surface area contributed by atoms with Crippen LogP contribution in [0.5, 0.6) is 5.75 Å². The van der Waals surface area contributed by atoms with Crippen molar-refractivity contribution >= 4 is 23.3 Å². The van der Waals surface area contributed by atoms with Gasteiger partial charge in [0.25, 0.3) is 5.91 Å². The molecule has 160 valence electrons. The number of hydrogen-bond donors (Lipinski definition) is 2. The van der Waals surface area contributed by atoms with Crippen LogP contribution in [0.4, 0.5) is 11.4 Å². The van der Waals surface area contributed by atoms with E-state index in [4.69, 9.17) is 9.47 Å². The van der Waals surface area contributed by atoms with Crippen LogP contribution < -0.4 is 15.4 Å². The predicted molar refractivity (Wildman–Crippen MR) is 121 cm³/mol. The molecule has 6 nitrogen and oxygen atoms in total. The normalized spacial score (nSPS) is 10.3. The quantitative estimate of drug-likeness (QED) is 0.488. The lowest BCUT2D eigenvalue weighted by Gasteiger charge is -2.10. The number of rotatable bonds is 9. The van der Waals surface area contributed by atoms with Crippen LogP contribution in [0.3, 0.4) is 0 Å². The van der Waals surface area contributed by atoms with Gasteiger partial charge in [0.15, 0.2) is 6.61 Å². The smallest absolute Gasteiger partial charge is 0.338 e. The molecule has 0 radical (unpaired) electrons. The Kier molecular flexibility index (Phi) is 7.65. The summed E-state index contributed by atoms with van der Waals surface area (Å²) in [5.41, 5.74) is 4.38. The van der Waals surface area contributed by atoms with Crippen LogP contribution in [0.15, 0.2) is 72.8 Å². The third kappa shape index (κ3) is 6.89. The highest BCUT2D eigenvalue weighted by molar-refractivity contribution is 5.92. The van der Waals surface area contributed by atoms with Crippen molar-refractivity contribution < 1.29 is 19.1 Å². The molecular formula is C25H26N2O4. The van der Waals surface area contributed by atoms with E-state index < -0.39 is 0 Å². The van der Waals surface area contributed by atoms with Crippen LogP contribution in [0, 0.1) is 6.92 Å². The van der Waals surface area contributed by atoms with Gasteiger partial charge in [0.1, 0.15) is 5.75 Å². The van der Waals surface area contributed by atoms with Crippen LogP contribution in [0.2, 0.25) is 0 Å². The zero-order chi connectivity index (χ0) is 22.1. The van der Waals surface area contributed by atoms with Gasteiger partial charge in [-0.1, -0.05) is 29.8 Å². The molecule has 31 heavy (non-hydrogen) atoms. The van der Waals surface area contributed by atoms with E-state index in [1.165, 1.54) is 0 Å². The number of amides is 1. The lowest BCUT2D eigenvalue weighted by molar-refractivity contribution is -0.118. The SMILES string of the molecule is CCOC(=O)c1ccc(NCc2ccc(OCC(=O)Nc3ccc(C)cc3)cc2)cc1. The second kappa shape index (κ2) is 10.8. The summed E-state index contributed by atoms with van der Waals surface area (Å²) in [5.74, 6) is 0.0969. The van der Waals surface area contributed by atoms with Gasteiger partial charge in [-0.3, -0.25) is 4.79 Å². The first-order chi connectivity index (χ1) is 15.0. The van der Waals surface area contributed by atoms with E-state index in [9.17, 15) is 9.59 Å². The first-order valence-corrected chi connectivity index (χ1v) is 10.1. The molecular weight excluding hydrogens is 392 g/mol. The van der Waals surface area contributed by atoms with E-state index >= 15 is 0 Å². The molecule has 0 aliphatic carbocycles. The van der Waals surface area contributed by atoms with Crippen molar-refractivity contribution in [2.24, 2.45) is 0 Å². The van der Waals surface area contributed by atoms with E-state index in [2.05, 4.69) is 10.6 Å². The van der Waals surface area contributed by atoms with Gasteiger partial charge in [-0.15, -0.1) is 0 Å². The molecule has 6 heteroatoms. The number of anilines is 2. The van der Waals surface area contributed by atoms with Gasteiger partial charge in [-0.2, -0.15) is 0 Å². The van der Waals surface area contributed by atoms with Gasteiger partial charge in [0.05, 0.1) is 12.2 Å². The van der Waals surface area contributed by atoms with E-state index in [1.807, 2.05) is 67.6 Å². The number of hydrogen-bond acceptors (Lipinski definition) is 5. The van der Waals surface area contributed by atoms with Crippen molar-refractivity contribution in [1.29, 1.82) is 0 Å². The van der Waals surface area contributed by atoms with Crippen molar-refractivity contribution in [3.63, 3.8) is 0 Å². The largest absolute Gasteiger partial charge is 0.484 e.